The van der Waals surface area contributed by atoms with Crippen LogP contribution in [-0.4, -0.2) is 6.61 Å². The molecule has 2 N–H and O–H groups in total. The highest BCUT2D eigenvalue weighted by Gasteiger charge is 2.08. The first-order valence-corrected chi connectivity index (χ1v) is 6.05. The number of halogens is 1. The molecule has 0 spiro atoms. The fourth-order valence-electron chi connectivity index (χ4n) is 1.36. The summed E-state index contributed by atoms with van der Waals surface area (Å²) in [6.45, 7) is 2.57. The molecule has 86 valence electrons. The van der Waals surface area contributed by atoms with E-state index in [4.69, 9.17) is 16.9 Å². The van der Waals surface area contributed by atoms with Gasteiger partial charge in [0, 0.05) is 22.5 Å². The minimum atomic E-state index is -0.0415. The minimum absolute atomic E-state index is 0.0415. The van der Waals surface area contributed by atoms with Crippen molar-refractivity contribution in [1.82, 2.24) is 0 Å². The normalized spacial score (nSPS) is 11.9. The van der Waals surface area contributed by atoms with Crippen LogP contribution in [-0.2, 0) is 0 Å². The maximum absolute atomic E-state index is 5.88. The summed E-state index contributed by atoms with van der Waals surface area (Å²) in [5, 5.41) is 0. The number of benzene rings is 1. The second-order valence-corrected chi connectivity index (χ2v) is 4.54. The SMILES string of the molecule is C#CCCCOc1ccc(Br)cc1[C@H](C)N. The zero-order valence-electron chi connectivity index (χ0n) is 9.37. The summed E-state index contributed by atoms with van der Waals surface area (Å²) in [5.74, 6) is 3.43. The smallest absolute Gasteiger partial charge is 0.124 e. The molecule has 0 aliphatic rings. The summed E-state index contributed by atoms with van der Waals surface area (Å²) in [4.78, 5) is 0. The van der Waals surface area contributed by atoms with Crippen LogP contribution in [0.3, 0.4) is 0 Å². The van der Waals surface area contributed by atoms with Gasteiger partial charge in [-0.05, 0) is 31.5 Å². The number of terminal acetylenes is 1. The van der Waals surface area contributed by atoms with Crippen LogP contribution in [0.15, 0.2) is 22.7 Å². The number of rotatable bonds is 5. The lowest BCUT2D eigenvalue weighted by molar-refractivity contribution is 0.308. The lowest BCUT2D eigenvalue weighted by Crippen LogP contribution is -2.08. The molecule has 1 aromatic rings. The van der Waals surface area contributed by atoms with Gasteiger partial charge in [-0.25, -0.2) is 0 Å². The molecule has 0 saturated heterocycles. The first-order valence-electron chi connectivity index (χ1n) is 5.26. The first kappa shape index (κ1) is 13.1. The van der Waals surface area contributed by atoms with Crippen molar-refractivity contribution in [3.8, 4) is 18.1 Å². The van der Waals surface area contributed by atoms with Crippen LogP contribution >= 0.6 is 15.9 Å². The Hall–Kier alpha value is -0.980. The molecule has 2 nitrogen and oxygen atoms in total. The standard InChI is InChI=1S/C13H16BrNO/c1-3-4-5-8-16-13-7-6-11(14)9-12(13)10(2)15/h1,6-7,9-10H,4-5,8,15H2,2H3/t10-/m0/s1. The van der Waals surface area contributed by atoms with Crippen molar-refractivity contribution < 1.29 is 4.74 Å². The average Bonchev–Trinajstić information content (AvgIpc) is 2.26. The van der Waals surface area contributed by atoms with Crippen LogP contribution in [0.25, 0.3) is 0 Å². The van der Waals surface area contributed by atoms with E-state index < -0.39 is 0 Å². The Labute approximate surface area is 105 Å². The van der Waals surface area contributed by atoms with Gasteiger partial charge in [0.1, 0.15) is 5.75 Å². The van der Waals surface area contributed by atoms with E-state index in [9.17, 15) is 0 Å². The van der Waals surface area contributed by atoms with E-state index in [-0.39, 0.29) is 6.04 Å². The monoisotopic (exact) mass is 281 g/mol. The highest BCUT2D eigenvalue weighted by molar-refractivity contribution is 9.10. The number of unbranched alkanes of at least 4 members (excludes halogenated alkanes) is 1. The zero-order valence-corrected chi connectivity index (χ0v) is 11.0. The number of hydrogen-bond acceptors (Lipinski definition) is 2. The Kier molecular flexibility index (Phi) is 5.37. The molecule has 0 radical (unpaired) electrons. The van der Waals surface area contributed by atoms with Crippen LogP contribution < -0.4 is 10.5 Å². The molecule has 0 aliphatic carbocycles. The van der Waals surface area contributed by atoms with Crippen LogP contribution in [0, 0.1) is 12.3 Å². The number of hydrogen-bond donors (Lipinski definition) is 1. The van der Waals surface area contributed by atoms with Gasteiger partial charge >= 0.3 is 0 Å². The van der Waals surface area contributed by atoms with Crippen LogP contribution in [0.2, 0.25) is 0 Å². The summed E-state index contributed by atoms with van der Waals surface area (Å²) in [6.07, 6.45) is 6.78. The van der Waals surface area contributed by atoms with Gasteiger partial charge in [-0.3, -0.25) is 0 Å². The lowest BCUT2D eigenvalue weighted by Gasteiger charge is -2.14. The molecule has 0 amide bonds. The Morgan fingerprint density at radius 3 is 2.94 bits per heavy atom. The Balaban J connectivity index is 2.68. The molecule has 0 fully saturated rings. The highest BCUT2D eigenvalue weighted by Crippen LogP contribution is 2.27. The Morgan fingerprint density at radius 2 is 2.31 bits per heavy atom. The minimum Gasteiger partial charge on any atom is -0.493 e. The summed E-state index contributed by atoms with van der Waals surface area (Å²) in [6, 6.07) is 5.82. The van der Waals surface area contributed by atoms with E-state index >= 15 is 0 Å². The van der Waals surface area contributed by atoms with Gasteiger partial charge in [0.05, 0.1) is 6.61 Å². The van der Waals surface area contributed by atoms with Gasteiger partial charge in [0.2, 0.25) is 0 Å². The van der Waals surface area contributed by atoms with Crippen LogP contribution in [0.5, 0.6) is 5.75 Å². The zero-order chi connectivity index (χ0) is 12.0. The second-order valence-electron chi connectivity index (χ2n) is 3.63. The summed E-state index contributed by atoms with van der Waals surface area (Å²) < 4.78 is 6.67. The predicted octanol–water partition coefficient (Wildman–Crippen LogP) is 3.26. The first-order chi connectivity index (χ1) is 7.65. The molecule has 16 heavy (non-hydrogen) atoms. The van der Waals surface area contributed by atoms with Crippen molar-refractivity contribution >= 4 is 15.9 Å². The highest BCUT2D eigenvalue weighted by atomic mass is 79.9. The lowest BCUT2D eigenvalue weighted by atomic mass is 10.1. The Bertz CT molecular complexity index is 382. The fraction of sp³-hybridized carbons (Fsp3) is 0.385. The third kappa shape index (κ3) is 3.88. The van der Waals surface area contributed by atoms with Gasteiger partial charge < -0.3 is 10.5 Å². The van der Waals surface area contributed by atoms with Crippen molar-refractivity contribution in [1.29, 1.82) is 0 Å². The predicted molar refractivity (Wildman–Crippen MR) is 70.3 cm³/mol. The summed E-state index contributed by atoms with van der Waals surface area (Å²) in [7, 11) is 0. The molecule has 0 unspecified atom stereocenters. The van der Waals surface area contributed by atoms with Gasteiger partial charge in [-0.1, -0.05) is 15.9 Å². The number of ether oxygens (including phenoxy) is 1. The second kappa shape index (κ2) is 6.57. The van der Waals surface area contributed by atoms with E-state index in [0.29, 0.717) is 6.61 Å². The topological polar surface area (TPSA) is 35.2 Å². The van der Waals surface area contributed by atoms with Gasteiger partial charge in [-0.15, -0.1) is 12.3 Å². The molecule has 1 aromatic carbocycles. The van der Waals surface area contributed by atoms with Crippen LogP contribution in [0.4, 0.5) is 0 Å². The van der Waals surface area contributed by atoms with E-state index in [1.807, 2.05) is 25.1 Å². The van der Waals surface area contributed by atoms with Crippen LogP contribution in [0.1, 0.15) is 31.4 Å². The molecular weight excluding hydrogens is 266 g/mol. The quantitative estimate of drug-likeness (QED) is 0.664. The molecule has 3 heteroatoms. The summed E-state index contributed by atoms with van der Waals surface area (Å²) >= 11 is 3.42. The van der Waals surface area contributed by atoms with Gasteiger partial charge in [0.15, 0.2) is 0 Å². The fourth-order valence-corrected chi connectivity index (χ4v) is 1.74. The van der Waals surface area contributed by atoms with E-state index in [1.54, 1.807) is 0 Å². The van der Waals surface area contributed by atoms with Crippen molar-refractivity contribution in [2.75, 3.05) is 6.61 Å². The Morgan fingerprint density at radius 1 is 1.56 bits per heavy atom. The largest absolute Gasteiger partial charge is 0.493 e. The molecule has 0 aromatic heterocycles. The molecule has 1 atom stereocenters. The molecule has 0 aliphatic heterocycles. The maximum atomic E-state index is 5.88. The molecule has 0 saturated carbocycles. The van der Waals surface area contributed by atoms with Gasteiger partial charge in [-0.2, -0.15) is 0 Å². The maximum Gasteiger partial charge on any atom is 0.124 e. The third-order valence-electron chi connectivity index (χ3n) is 2.19. The van der Waals surface area contributed by atoms with Crippen molar-refractivity contribution in [3.63, 3.8) is 0 Å². The van der Waals surface area contributed by atoms with Gasteiger partial charge in [0.25, 0.3) is 0 Å². The van der Waals surface area contributed by atoms with E-state index in [1.165, 1.54) is 0 Å². The molecule has 1 rings (SSSR count). The van der Waals surface area contributed by atoms with Crippen molar-refractivity contribution in [2.24, 2.45) is 5.73 Å². The third-order valence-corrected chi connectivity index (χ3v) is 2.68. The molecule has 0 heterocycles. The van der Waals surface area contributed by atoms with Crippen molar-refractivity contribution in [2.45, 2.75) is 25.8 Å². The molecular formula is C13H16BrNO. The number of nitrogens with two attached hydrogens (primary N) is 1. The van der Waals surface area contributed by atoms with E-state index in [2.05, 4.69) is 21.9 Å². The van der Waals surface area contributed by atoms with E-state index in [0.717, 1.165) is 28.6 Å². The molecule has 0 bridgehead atoms. The summed E-state index contributed by atoms with van der Waals surface area (Å²) in [5.41, 5.74) is 6.89. The average molecular weight is 282 g/mol. The van der Waals surface area contributed by atoms with Crippen molar-refractivity contribution in [3.05, 3.63) is 28.2 Å².